The summed E-state index contributed by atoms with van der Waals surface area (Å²) in [5.41, 5.74) is 0. The number of ether oxygens (including phenoxy) is 1. The number of rotatable bonds is 5. The zero-order valence-corrected chi connectivity index (χ0v) is 17.1. The van der Waals surface area contributed by atoms with Gasteiger partial charge in [0.15, 0.2) is 6.10 Å². The van der Waals surface area contributed by atoms with Crippen molar-refractivity contribution in [1.29, 1.82) is 0 Å². The maximum absolute atomic E-state index is 13.0. The zero-order chi connectivity index (χ0) is 18.5. The summed E-state index contributed by atoms with van der Waals surface area (Å²) in [4.78, 5) is 28.9. The molecule has 0 saturated carbocycles. The minimum Gasteiger partial charge on any atom is -0.479 e. The van der Waals surface area contributed by atoms with E-state index >= 15 is 0 Å². The van der Waals surface area contributed by atoms with Crippen LogP contribution in [0.4, 0.5) is 0 Å². The number of carbonyl (C=O) groups is 2. The van der Waals surface area contributed by atoms with E-state index in [1.807, 2.05) is 28.9 Å². The molecular weight excluding hydrogens is 389 g/mol. The van der Waals surface area contributed by atoms with Gasteiger partial charge in [-0.15, -0.1) is 12.4 Å². The number of carbonyl (C=O) groups excluding carboxylic acids is 2. The largest absolute Gasteiger partial charge is 0.479 e. The van der Waals surface area contributed by atoms with Crippen LogP contribution in [0.2, 0.25) is 5.02 Å². The summed E-state index contributed by atoms with van der Waals surface area (Å²) in [5.74, 6) is 0.620. The van der Waals surface area contributed by atoms with Gasteiger partial charge in [-0.3, -0.25) is 9.59 Å². The van der Waals surface area contributed by atoms with Crippen molar-refractivity contribution in [3.8, 4) is 5.75 Å². The Morgan fingerprint density at radius 2 is 2.15 bits per heavy atom. The third-order valence-corrected chi connectivity index (χ3v) is 5.34. The molecule has 1 aromatic carbocycles. The Morgan fingerprint density at radius 3 is 2.85 bits per heavy atom. The molecule has 6 nitrogen and oxygen atoms in total. The van der Waals surface area contributed by atoms with Gasteiger partial charge in [0, 0.05) is 32.2 Å². The number of benzene rings is 1. The van der Waals surface area contributed by atoms with Crippen LogP contribution in [0.3, 0.4) is 0 Å². The molecule has 2 aliphatic heterocycles. The van der Waals surface area contributed by atoms with Gasteiger partial charge in [-0.1, -0.05) is 30.7 Å². The van der Waals surface area contributed by atoms with E-state index in [0.717, 1.165) is 19.4 Å². The summed E-state index contributed by atoms with van der Waals surface area (Å²) in [7, 11) is 0. The van der Waals surface area contributed by atoms with E-state index in [1.54, 1.807) is 12.1 Å². The first-order valence-corrected chi connectivity index (χ1v) is 9.68. The van der Waals surface area contributed by atoms with Gasteiger partial charge < -0.3 is 19.9 Å². The normalized spacial score (nSPS) is 21.4. The number of para-hydroxylation sites is 1. The maximum atomic E-state index is 13.0. The summed E-state index contributed by atoms with van der Waals surface area (Å²) in [6.45, 7) is 5.12. The van der Waals surface area contributed by atoms with E-state index in [-0.39, 0.29) is 30.3 Å². The molecule has 2 aliphatic rings. The van der Waals surface area contributed by atoms with Crippen molar-refractivity contribution in [3.63, 3.8) is 0 Å². The molecule has 0 radical (unpaired) electrons. The highest BCUT2D eigenvalue weighted by Crippen LogP contribution is 2.26. The fourth-order valence-corrected chi connectivity index (χ4v) is 3.80. The standard InChI is InChI=1S/C19H26ClN3O3.ClH/c1-2-16(26-17-8-4-3-7-15(17)20)19(25)22-10-5-6-14(13-22)23-11-9-21-12-18(23)24;/h3-4,7-8,14,16,21H,2,5-6,9-13H2,1H3;1H. The Hall–Kier alpha value is -1.50. The number of nitrogens with one attached hydrogen (secondary N) is 1. The first-order chi connectivity index (χ1) is 12.6. The predicted molar refractivity (Wildman–Crippen MR) is 108 cm³/mol. The first kappa shape index (κ1) is 21.8. The van der Waals surface area contributed by atoms with E-state index in [1.165, 1.54) is 0 Å². The molecule has 2 saturated heterocycles. The number of piperazine rings is 1. The molecule has 1 N–H and O–H groups in total. The number of nitrogens with zero attached hydrogens (tertiary/aromatic N) is 2. The molecule has 0 spiro atoms. The summed E-state index contributed by atoms with van der Waals surface area (Å²) < 4.78 is 5.90. The van der Waals surface area contributed by atoms with Crippen molar-refractivity contribution in [3.05, 3.63) is 29.3 Å². The van der Waals surface area contributed by atoms with Crippen LogP contribution in [0, 0.1) is 0 Å². The van der Waals surface area contributed by atoms with Gasteiger partial charge in [0.05, 0.1) is 11.6 Å². The van der Waals surface area contributed by atoms with Gasteiger partial charge in [0.2, 0.25) is 5.91 Å². The van der Waals surface area contributed by atoms with Crippen molar-refractivity contribution < 1.29 is 14.3 Å². The quantitative estimate of drug-likeness (QED) is 0.801. The third-order valence-electron chi connectivity index (χ3n) is 5.03. The molecule has 2 amide bonds. The van der Waals surface area contributed by atoms with E-state index in [2.05, 4.69) is 5.32 Å². The smallest absolute Gasteiger partial charge is 0.263 e. The molecule has 0 bridgehead atoms. The van der Waals surface area contributed by atoms with Crippen LogP contribution in [0.15, 0.2) is 24.3 Å². The summed E-state index contributed by atoms with van der Waals surface area (Å²) in [6.07, 6.45) is 1.85. The highest BCUT2D eigenvalue weighted by molar-refractivity contribution is 6.32. The molecule has 3 rings (SSSR count). The average molecular weight is 416 g/mol. The van der Waals surface area contributed by atoms with Crippen molar-refractivity contribution in [2.45, 2.75) is 38.3 Å². The topological polar surface area (TPSA) is 61.9 Å². The second-order valence-electron chi connectivity index (χ2n) is 6.79. The van der Waals surface area contributed by atoms with Crippen LogP contribution in [0.25, 0.3) is 0 Å². The highest BCUT2D eigenvalue weighted by Gasteiger charge is 2.34. The van der Waals surface area contributed by atoms with Gasteiger partial charge in [0.25, 0.3) is 5.91 Å². The molecule has 2 atom stereocenters. The van der Waals surface area contributed by atoms with Crippen LogP contribution < -0.4 is 10.1 Å². The fourth-order valence-electron chi connectivity index (χ4n) is 3.62. The van der Waals surface area contributed by atoms with E-state index < -0.39 is 6.10 Å². The average Bonchev–Trinajstić information content (AvgIpc) is 2.67. The van der Waals surface area contributed by atoms with Crippen molar-refractivity contribution in [2.24, 2.45) is 0 Å². The minimum atomic E-state index is -0.563. The third kappa shape index (κ3) is 5.27. The number of hydrogen-bond donors (Lipinski definition) is 1. The second kappa shape index (κ2) is 10.2. The Balaban J connectivity index is 0.00000261. The lowest BCUT2D eigenvalue weighted by molar-refractivity contribution is -0.144. The van der Waals surface area contributed by atoms with Crippen LogP contribution in [0.1, 0.15) is 26.2 Å². The molecular formula is C19H27Cl2N3O3. The zero-order valence-electron chi connectivity index (χ0n) is 15.5. The van der Waals surface area contributed by atoms with Crippen molar-refractivity contribution in [2.75, 3.05) is 32.7 Å². The number of hydrogen-bond acceptors (Lipinski definition) is 4. The molecule has 150 valence electrons. The highest BCUT2D eigenvalue weighted by atomic mass is 35.5. The first-order valence-electron chi connectivity index (χ1n) is 9.30. The van der Waals surface area contributed by atoms with Crippen LogP contribution in [0.5, 0.6) is 5.75 Å². The van der Waals surface area contributed by atoms with E-state index in [9.17, 15) is 9.59 Å². The molecule has 1 aromatic rings. The number of likely N-dealkylation sites (tertiary alicyclic amines) is 1. The Labute approximate surface area is 171 Å². The summed E-state index contributed by atoms with van der Waals surface area (Å²) >= 11 is 6.16. The summed E-state index contributed by atoms with van der Waals surface area (Å²) in [6, 6.07) is 7.29. The predicted octanol–water partition coefficient (Wildman–Crippen LogP) is 2.34. The Bertz CT molecular complexity index is 659. The Morgan fingerprint density at radius 1 is 1.37 bits per heavy atom. The van der Waals surface area contributed by atoms with Crippen LogP contribution >= 0.6 is 24.0 Å². The molecule has 27 heavy (non-hydrogen) atoms. The molecule has 8 heteroatoms. The molecule has 2 unspecified atom stereocenters. The Kier molecular flexibility index (Phi) is 8.20. The van der Waals surface area contributed by atoms with E-state index in [4.69, 9.17) is 16.3 Å². The minimum absolute atomic E-state index is 0. The monoisotopic (exact) mass is 415 g/mol. The summed E-state index contributed by atoms with van der Waals surface area (Å²) in [5, 5.41) is 3.59. The fraction of sp³-hybridized carbons (Fsp3) is 0.579. The van der Waals surface area contributed by atoms with Gasteiger partial charge in [-0.25, -0.2) is 0 Å². The molecule has 0 aromatic heterocycles. The molecule has 2 fully saturated rings. The van der Waals surface area contributed by atoms with Crippen LogP contribution in [-0.4, -0.2) is 66.5 Å². The lowest BCUT2D eigenvalue weighted by Crippen LogP contribution is -2.58. The lowest BCUT2D eigenvalue weighted by Gasteiger charge is -2.41. The van der Waals surface area contributed by atoms with Gasteiger partial charge in [-0.05, 0) is 31.4 Å². The van der Waals surface area contributed by atoms with Crippen LogP contribution in [-0.2, 0) is 9.59 Å². The van der Waals surface area contributed by atoms with Crippen molar-refractivity contribution in [1.82, 2.24) is 15.1 Å². The van der Waals surface area contributed by atoms with Gasteiger partial charge in [0.1, 0.15) is 5.75 Å². The molecule has 2 heterocycles. The number of amides is 2. The van der Waals surface area contributed by atoms with E-state index in [0.29, 0.717) is 43.4 Å². The maximum Gasteiger partial charge on any atom is 0.263 e. The number of halogens is 2. The SMILES string of the molecule is CCC(Oc1ccccc1Cl)C(=O)N1CCCC(N2CCNCC2=O)C1.Cl. The lowest BCUT2D eigenvalue weighted by atomic mass is 10.0. The second-order valence-corrected chi connectivity index (χ2v) is 7.20. The number of piperidine rings is 1. The molecule has 0 aliphatic carbocycles. The van der Waals surface area contributed by atoms with Gasteiger partial charge >= 0.3 is 0 Å². The van der Waals surface area contributed by atoms with Gasteiger partial charge in [-0.2, -0.15) is 0 Å². The van der Waals surface area contributed by atoms with Crippen molar-refractivity contribution >= 4 is 35.8 Å².